The third-order valence-corrected chi connectivity index (χ3v) is 3.32. The molecule has 0 unspecified atom stereocenters. The first-order valence-corrected chi connectivity index (χ1v) is 6.90. The van der Waals surface area contributed by atoms with Crippen LogP contribution in [0.3, 0.4) is 0 Å². The van der Waals surface area contributed by atoms with Crippen molar-refractivity contribution in [2.75, 3.05) is 0 Å². The van der Waals surface area contributed by atoms with Gasteiger partial charge in [0.1, 0.15) is 0 Å². The monoisotopic (exact) mass is 288 g/mol. The Bertz CT molecular complexity index is 881. The molecule has 0 N–H and O–H groups in total. The van der Waals surface area contributed by atoms with Crippen LogP contribution in [-0.2, 0) is 0 Å². The number of rotatable bonds is 3. The summed E-state index contributed by atoms with van der Waals surface area (Å²) in [7, 11) is 0. The third-order valence-electron chi connectivity index (χ3n) is 3.32. The Labute approximate surface area is 126 Å². The average molecular weight is 288 g/mol. The van der Waals surface area contributed by atoms with Crippen molar-refractivity contribution < 1.29 is 4.52 Å². The van der Waals surface area contributed by atoms with E-state index in [4.69, 9.17) is 4.52 Å². The standard InChI is InChI=1S/C17H12N4O/c1-3-7-13(8-4-1)17-19-15(20-22-17)16-18-11-12-21(16)14-9-5-2-6-10-14/h1-12H. The van der Waals surface area contributed by atoms with Gasteiger partial charge in [-0.15, -0.1) is 0 Å². The van der Waals surface area contributed by atoms with Gasteiger partial charge in [-0.3, -0.25) is 4.57 Å². The van der Waals surface area contributed by atoms with Gasteiger partial charge in [0.15, 0.2) is 5.82 Å². The van der Waals surface area contributed by atoms with Crippen LogP contribution < -0.4 is 0 Å². The summed E-state index contributed by atoms with van der Waals surface area (Å²) in [5.74, 6) is 1.60. The first-order valence-electron chi connectivity index (χ1n) is 6.90. The minimum Gasteiger partial charge on any atom is -0.334 e. The van der Waals surface area contributed by atoms with E-state index in [-0.39, 0.29) is 0 Å². The van der Waals surface area contributed by atoms with Crippen molar-refractivity contribution in [2.24, 2.45) is 0 Å². The van der Waals surface area contributed by atoms with Gasteiger partial charge in [-0.25, -0.2) is 4.98 Å². The maximum Gasteiger partial charge on any atom is 0.258 e. The molecule has 0 bridgehead atoms. The lowest BCUT2D eigenvalue weighted by Crippen LogP contribution is -1.97. The fourth-order valence-electron chi connectivity index (χ4n) is 2.28. The van der Waals surface area contributed by atoms with Crippen molar-refractivity contribution in [3.05, 3.63) is 73.1 Å². The molecule has 5 heteroatoms. The van der Waals surface area contributed by atoms with Crippen LogP contribution in [0.2, 0.25) is 0 Å². The molecular weight excluding hydrogens is 276 g/mol. The molecule has 0 radical (unpaired) electrons. The molecule has 22 heavy (non-hydrogen) atoms. The van der Waals surface area contributed by atoms with Crippen molar-refractivity contribution in [1.82, 2.24) is 19.7 Å². The van der Waals surface area contributed by atoms with Gasteiger partial charge in [-0.05, 0) is 24.3 Å². The Morgan fingerprint density at radius 1 is 0.864 bits per heavy atom. The van der Waals surface area contributed by atoms with E-state index in [0.29, 0.717) is 17.5 Å². The molecule has 0 aliphatic rings. The largest absolute Gasteiger partial charge is 0.334 e. The molecule has 2 aromatic carbocycles. The SMILES string of the molecule is c1ccc(-c2nc(-c3nccn3-c3ccccc3)no2)cc1. The summed E-state index contributed by atoms with van der Waals surface area (Å²) in [6.07, 6.45) is 3.60. The van der Waals surface area contributed by atoms with E-state index in [1.165, 1.54) is 0 Å². The second-order valence-electron chi connectivity index (χ2n) is 4.75. The van der Waals surface area contributed by atoms with Crippen LogP contribution in [0.1, 0.15) is 0 Å². The predicted octanol–water partition coefficient (Wildman–Crippen LogP) is 3.59. The van der Waals surface area contributed by atoms with Gasteiger partial charge in [0.25, 0.3) is 5.89 Å². The minimum absolute atomic E-state index is 0.465. The fourth-order valence-corrected chi connectivity index (χ4v) is 2.28. The van der Waals surface area contributed by atoms with E-state index in [1.807, 2.05) is 71.4 Å². The number of imidazole rings is 1. The Morgan fingerprint density at radius 2 is 1.59 bits per heavy atom. The highest BCUT2D eigenvalue weighted by Gasteiger charge is 2.15. The van der Waals surface area contributed by atoms with Crippen molar-refractivity contribution in [3.8, 4) is 28.8 Å². The smallest absolute Gasteiger partial charge is 0.258 e. The second-order valence-corrected chi connectivity index (χ2v) is 4.75. The molecule has 0 aliphatic heterocycles. The van der Waals surface area contributed by atoms with Gasteiger partial charge in [-0.1, -0.05) is 41.6 Å². The van der Waals surface area contributed by atoms with Crippen LogP contribution in [0, 0.1) is 0 Å². The highest BCUT2D eigenvalue weighted by Crippen LogP contribution is 2.22. The van der Waals surface area contributed by atoms with Gasteiger partial charge in [0.2, 0.25) is 5.82 Å². The Hall–Kier alpha value is -3.21. The van der Waals surface area contributed by atoms with E-state index in [2.05, 4.69) is 15.1 Å². The van der Waals surface area contributed by atoms with Crippen molar-refractivity contribution >= 4 is 0 Å². The fraction of sp³-hybridized carbons (Fsp3) is 0. The van der Waals surface area contributed by atoms with Gasteiger partial charge in [-0.2, -0.15) is 4.98 Å². The van der Waals surface area contributed by atoms with Crippen LogP contribution >= 0.6 is 0 Å². The number of para-hydroxylation sites is 1. The van der Waals surface area contributed by atoms with Crippen LogP contribution in [0.5, 0.6) is 0 Å². The number of benzene rings is 2. The van der Waals surface area contributed by atoms with Gasteiger partial charge in [0.05, 0.1) is 0 Å². The number of hydrogen-bond acceptors (Lipinski definition) is 4. The molecule has 0 atom stereocenters. The summed E-state index contributed by atoms with van der Waals surface area (Å²) in [4.78, 5) is 8.80. The first-order chi connectivity index (χ1) is 10.9. The van der Waals surface area contributed by atoms with E-state index in [9.17, 15) is 0 Å². The highest BCUT2D eigenvalue weighted by atomic mass is 16.5. The molecule has 4 rings (SSSR count). The molecular formula is C17H12N4O. The molecule has 2 aromatic heterocycles. The molecule has 0 aliphatic carbocycles. The maximum atomic E-state index is 5.35. The first kappa shape index (κ1) is 12.5. The van der Waals surface area contributed by atoms with E-state index >= 15 is 0 Å². The molecule has 0 saturated heterocycles. The molecule has 0 saturated carbocycles. The van der Waals surface area contributed by atoms with E-state index in [0.717, 1.165) is 11.3 Å². The van der Waals surface area contributed by atoms with Crippen LogP contribution in [-0.4, -0.2) is 19.7 Å². The maximum absolute atomic E-state index is 5.35. The zero-order valence-corrected chi connectivity index (χ0v) is 11.6. The Morgan fingerprint density at radius 3 is 2.36 bits per heavy atom. The quantitative estimate of drug-likeness (QED) is 0.578. The Kier molecular flexibility index (Phi) is 3.01. The van der Waals surface area contributed by atoms with Gasteiger partial charge < -0.3 is 4.52 Å². The number of nitrogens with zero attached hydrogens (tertiary/aromatic N) is 4. The van der Waals surface area contributed by atoms with Crippen LogP contribution in [0.25, 0.3) is 28.8 Å². The third kappa shape index (κ3) is 2.18. The molecule has 0 spiro atoms. The summed E-state index contributed by atoms with van der Waals surface area (Å²) in [5, 5.41) is 4.05. The summed E-state index contributed by atoms with van der Waals surface area (Å²) < 4.78 is 7.28. The lowest BCUT2D eigenvalue weighted by atomic mass is 10.2. The molecule has 0 amide bonds. The molecule has 5 nitrogen and oxygen atoms in total. The summed E-state index contributed by atoms with van der Waals surface area (Å²) in [6.45, 7) is 0. The topological polar surface area (TPSA) is 56.7 Å². The highest BCUT2D eigenvalue weighted by molar-refractivity contribution is 5.57. The van der Waals surface area contributed by atoms with Crippen molar-refractivity contribution in [2.45, 2.75) is 0 Å². The zero-order valence-electron chi connectivity index (χ0n) is 11.6. The second kappa shape index (κ2) is 5.29. The Balaban J connectivity index is 1.76. The van der Waals surface area contributed by atoms with Crippen LogP contribution in [0.4, 0.5) is 0 Å². The summed E-state index contributed by atoms with van der Waals surface area (Å²) in [5.41, 5.74) is 1.89. The summed E-state index contributed by atoms with van der Waals surface area (Å²) in [6, 6.07) is 19.6. The predicted molar refractivity (Wildman–Crippen MR) is 82.3 cm³/mol. The van der Waals surface area contributed by atoms with Crippen molar-refractivity contribution in [1.29, 1.82) is 0 Å². The molecule has 4 aromatic rings. The van der Waals surface area contributed by atoms with Crippen molar-refractivity contribution in [3.63, 3.8) is 0 Å². The summed E-state index contributed by atoms with van der Waals surface area (Å²) >= 11 is 0. The normalized spacial score (nSPS) is 10.7. The van der Waals surface area contributed by atoms with Gasteiger partial charge in [0, 0.05) is 23.6 Å². The lowest BCUT2D eigenvalue weighted by molar-refractivity contribution is 0.432. The van der Waals surface area contributed by atoms with Gasteiger partial charge >= 0.3 is 0 Å². The number of hydrogen-bond donors (Lipinski definition) is 0. The molecule has 2 heterocycles. The molecule has 0 fully saturated rings. The van der Waals surface area contributed by atoms with Crippen LogP contribution in [0.15, 0.2) is 77.6 Å². The number of aromatic nitrogens is 4. The molecule has 106 valence electrons. The van der Waals surface area contributed by atoms with E-state index in [1.54, 1.807) is 6.20 Å². The lowest BCUT2D eigenvalue weighted by Gasteiger charge is -2.04. The zero-order chi connectivity index (χ0) is 14.8. The minimum atomic E-state index is 0.465. The average Bonchev–Trinajstić information content (AvgIpc) is 3.25. The van der Waals surface area contributed by atoms with E-state index < -0.39 is 0 Å².